The average molecular weight is 440 g/mol. The molecule has 0 saturated carbocycles. The van der Waals surface area contributed by atoms with Crippen molar-refractivity contribution in [3.8, 4) is 0 Å². The predicted molar refractivity (Wildman–Crippen MR) is 115 cm³/mol. The van der Waals surface area contributed by atoms with Gasteiger partial charge in [-0.3, -0.25) is 14.5 Å². The van der Waals surface area contributed by atoms with Crippen molar-refractivity contribution in [3.05, 3.63) is 39.9 Å². The molecule has 2 aliphatic heterocycles. The molecule has 8 heteroatoms. The Kier molecular flexibility index (Phi) is 7.95. The summed E-state index contributed by atoms with van der Waals surface area (Å²) in [6.07, 6.45) is 5.12. The van der Waals surface area contributed by atoms with Gasteiger partial charge in [-0.15, -0.1) is 0 Å². The van der Waals surface area contributed by atoms with Gasteiger partial charge in [-0.05, 0) is 43.2 Å². The molecule has 2 amide bonds. The van der Waals surface area contributed by atoms with E-state index in [0.29, 0.717) is 49.2 Å². The third kappa shape index (κ3) is 6.44. The third-order valence-electron chi connectivity index (χ3n) is 5.43. The summed E-state index contributed by atoms with van der Waals surface area (Å²) < 4.78 is 0. The second kappa shape index (κ2) is 10.4. The summed E-state index contributed by atoms with van der Waals surface area (Å²) in [7, 11) is 0. The predicted octanol–water partition coefficient (Wildman–Crippen LogP) is 2.52. The minimum Gasteiger partial charge on any atom is -0.392 e. The van der Waals surface area contributed by atoms with E-state index in [1.165, 1.54) is 6.08 Å². The number of hydrogen-bond donors (Lipinski definition) is 1. The summed E-state index contributed by atoms with van der Waals surface area (Å²) in [5.41, 5.74) is 0.795. The van der Waals surface area contributed by atoms with Gasteiger partial charge in [0, 0.05) is 51.8 Å². The zero-order valence-corrected chi connectivity index (χ0v) is 17.9. The Bertz CT molecular complexity index is 772. The number of carbonyl (C=O) groups excluding carboxylic acids is 2. The number of likely N-dealkylation sites (tertiary alicyclic amines) is 1. The number of nitrogens with zero attached hydrogens (tertiary/aromatic N) is 3. The van der Waals surface area contributed by atoms with Crippen LogP contribution >= 0.6 is 23.2 Å². The van der Waals surface area contributed by atoms with E-state index in [1.54, 1.807) is 29.2 Å². The Morgan fingerprint density at radius 1 is 1.14 bits per heavy atom. The molecular formula is C21H27Cl2N3O3. The monoisotopic (exact) mass is 439 g/mol. The lowest BCUT2D eigenvalue weighted by Crippen LogP contribution is -2.44. The zero-order valence-electron chi connectivity index (χ0n) is 16.4. The fraction of sp³-hybridized carbons (Fsp3) is 0.524. The fourth-order valence-electron chi connectivity index (χ4n) is 3.71. The van der Waals surface area contributed by atoms with Gasteiger partial charge in [0.05, 0.1) is 16.1 Å². The van der Waals surface area contributed by atoms with Crippen molar-refractivity contribution >= 4 is 41.1 Å². The minimum atomic E-state index is -0.265. The smallest absolute Gasteiger partial charge is 0.246 e. The van der Waals surface area contributed by atoms with Crippen molar-refractivity contribution in [1.82, 2.24) is 14.7 Å². The molecule has 1 aromatic rings. The number of amides is 2. The van der Waals surface area contributed by atoms with Gasteiger partial charge in [0.15, 0.2) is 0 Å². The highest BCUT2D eigenvalue weighted by atomic mass is 35.5. The highest BCUT2D eigenvalue weighted by molar-refractivity contribution is 6.42. The van der Waals surface area contributed by atoms with E-state index in [1.807, 2.05) is 4.90 Å². The van der Waals surface area contributed by atoms with E-state index in [4.69, 9.17) is 23.2 Å². The van der Waals surface area contributed by atoms with Crippen molar-refractivity contribution in [2.45, 2.75) is 25.4 Å². The first-order valence-electron chi connectivity index (χ1n) is 10.0. The first-order chi connectivity index (χ1) is 13.9. The number of piperidine rings is 1. The van der Waals surface area contributed by atoms with Crippen LogP contribution in [-0.2, 0) is 9.59 Å². The molecule has 1 aromatic carbocycles. The molecule has 6 nitrogen and oxygen atoms in total. The van der Waals surface area contributed by atoms with Gasteiger partial charge in [0.1, 0.15) is 0 Å². The number of halogens is 2. The number of aliphatic hydroxyl groups is 1. The van der Waals surface area contributed by atoms with E-state index in [2.05, 4.69) is 4.90 Å². The van der Waals surface area contributed by atoms with Gasteiger partial charge in [-0.1, -0.05) is 29.3 Å². The minimum absolute atomic E-state index is 0.0753. The van der Waals surface area contributed by atoms with Gasteiger partial charge in [0.2, 0.25) is 11.8 Å². The maximum atomic E-state index is 12.5. The van der Waals surface area contributed by atoms with E-state index >= 15 is 0 Å². The van der Waals surface area contributed by atoms with Crippen LogP contribution in [0, 0.1) is 0 Å². The average Bonchev–Trinajstić information content (AvgIpc) is 2.89. The molecule has 2 fully saturated rings. The fourth-order valence-corrected chi connectivity index (χ4v) is 4.02. The van der Waals surface area contributed by atoms with Gasteiger partial charge in [0.25, 0.3) is 0 Å². The van der Waals surface area contributed by atoms with E-state index in [0.717, 1.165) is 31.5 Å². The summed E-state index contributed by atoms with van der Waals surface area (Å²) in [4.78, 5) is 30.7. The Hall–Kier alpha value is -1.60. The summed E-state index contributed by atoms with van der Waals surface area (Å²) in [5, 5.41) is 10.7. The van der Waals surface area contributed by atoms with E-state index in [-0.39, 0.29) is 17.9 Å². The summed E-state index contributed by atoms with van der Waals surface area (Å²) >= 11 is 11.9. The maximum absolute atomic E-state index is 12.5. The van der Waals surface area contributed by atoms with Crippen LogP contribution in [0.25, 0.3) is 6.08 Å². The first kappa shape index (κ1) is 22.1. The number of rotatable bonds is 5. The molecule has 2 aliphatic rings. The van der Waals surface area contributed by atoms with Crippen LogP contribution in [0.3, 0.4) is 0 Å². The van der Waals surface area contributed by atoms with Crippen molar-refractivity contribution in [2.24, 2.45) is 0 Å². The number of hydrogen-bond acceptors (Lipinski definition) is 4. The molecule has 1 atom stereocenters. The van der Waals surface area contributed by atoms with Crippen LogP contribution in [0.4, 0.5) is 0 Å². The summed E-state index contributed by atoms with van der Waals surface area (Å²) in [6.45, 7) is 4.48. The Balaban J connectivity index is 1.51. The van der Waals surface area contributed by atoms with Gasteiger partial charge < -0.3 is 14.9 Å². The second-order valence-corrected chi connectivity index (χ2v) is 8.37. The second-order valence-electron chi connectivity index (χ2n) is 7.56. The molecular weight excluding hydrogens is 413 g/mol. The Morgan fingerprint density at radius 2 is 1.97 bits per heavy atom. The number of β-amino-alcohol motifs (C(OH)–C–C–N with tert-alkyl or cyclic N) is 1. The lowest BCUT2D eigenvalue weighted by Gasteiger charge is -2.32. The third-order valence-corrected chi connectivity index (χ3v) is 6.17. The lowest BCUT2D eigenvalue weighted by molar-refractivity contribution is -0.130. The van der Waals surface area contributed by atoms with Crippen molar-refractivity contribution in [1.29, 1.82) is 0 Å². The Morgan fingerprint density at radius 3 is 2.72 bits per heavy atom. The van der Waals surface area contributed by atoms with Gasteiger partial charge in [-0.2, -0.15) is 0 Å². The maximum Gasteiger partial charge on any atom is 0.246 e. The summed E-state index contributed by atoms with van der Waals surface area (Å²) in [6, 6.07) is 5.19. The summed E-state index contributed by atoms with van der Waals surface area (Å²) in [5.74, 6) is -0.0452. The van der Waals surface area contributed by atoms with Crippen molar-refractivity contribution in [3.63, 3.8) is 0 Å². The van der Waals surface area contributed by atoms with Crippen molar-refractivity contribution in [2.75, 3.05) is 45.8 Å². The molecule has 3 rings (SSSR count). The molecule has 29 heavy (non-hydrogen) atoms. The highest BCUT2D eigenvalue weighted by Crippen LogP contribution is 2.23. The number of carbonyl (C=O) groups is 2. The zero-order chi connectivity index (χ0) is 20.8. The molecule has 0 aliphatic carbocycles. The Labute approximate surface area is 181 Å². The normalized spacial score (nSPS) is 21.6. The highest BCUT2D eigenvalue weighted by Gasteiger charge is 2.24. The molecule has 158 valence electrons. The largest absolute Gasteiger partial charge is 0.392 e. The first-order valence-corrected chi connectivity index (χ1v) is 10.8. The lowest BCUT2D eigenvalue weighted by atomic mass is 10.1. The molecule has 2 heterocycles. The number of aliphatic hydroxyl groups excluding tert-OH is 1. The van der Waals surface area contributed by atoms with Crippen LogP contribution in [0.5, 0.6) is 0 Å². The SMILES string of the molecule is O=C(C=Cc1ccc(Cl)c(Cl)c1)N1CCC(=O)N(CCN2CCC[C@@H](O)C2)CC1. The molecule has 2 saturated heterocycles. The van der Waals surface area contributed by atoms with Crippen molar-refractivity contribution < 1.29 is 14.7 Å². The van der Waals surface area contributed by atoms with Gasteiger partial charge >= 0.3 is 0 Å². The van der Waals surface area contributed by atoms with E-state index < -0.39 is 0 Å². The van der Waals surface area contributed by atoms with Crippen LogP contribution in [0.1, 0.15) is 24.8 Å². The molecule has 0 unspecified atom stereocenters. The topological polar surface area (TPSA) is 64.1 Å². The molecule has 0 radical (unpaired) electrons. The van der Waals surface area contributed by atoms with Crippen LogP contribution < -0.4 is 0 Å². The van der Waals surface area contributed by atoms with E-state index in [9.17, 15) is 14.7 Å². The quantitative estimate of drug-likeness (QED) is 0.715. The standard InChI is InChI=1S/C21H27Cl2N3O3/c22-18-5-3-16(14-19(18)23)4-6-20(28)25-9-7-21(29)26(13-12-25)11-10-24-8-1-2-17(27)15-24/h3-6,14,17,27H,1-2,7-13,15H2/t17-/m1/s1. The van der Waals surface area contributed by atoms with Crippen LogP contribution in [0.2, 0.25) is 10.0 Å². The molecule has 1 N–H and O–H groups in total. The van der Waals surface area contributed by atoms with Gasteiger partial charge in [-0.25, -0.2) is 0 Å². The van der Waals surface area contributed by atoms with Crippen LogP contribution in [-0.4, -0.2) is 83.5 Å². The molecule has 0 aromatic heterocycles. The molecule has 0 spiro atoms. The van der Waals surface area contributed by atoms with Crippen LogP contribution in [0.15, 0.2) is 24.3 Å². The molecule has 0 bridgehead atoms. The number of benzene rings is 1.